The van der Waals surface area contributed by atoms with Gasteiger partial charge in [-0.3, -0.25) is 19.4 Å². The monoisotopic (exact) mass is 488 g/mol. The van der Waals surface area contributed by atoms with Crippen LogP contribution in [0.4, 0.5) is 11.4 Å². The Morgan fingerprint density at radius 3 is 2.29 bits per heavy atom. The van der Waals surface area contributed by atoms with Crippen LogP contribution in [0.1, 0.15) is 22.8 Å². The number of nitrogens with one attached hydrogen (secondary N) is 1. The summed E-state index contributed by atoms with van der Waals surface area (Å²) in [5, 5.41) is 3.14. The van der Waals surface area contributed by atoms with E-state index >= 15 is 0 Å². The molecule has 2 aromatic carbocycles. The number of pyridine rings is 1. The lowest BCUT2D eigenvalue weighted by Crippen LogP contribution is -2.50. The molecule has 2 amide bonds. The van der Waals surface area contributed by atoms with Gasteiger partial charge >= 0.3 is 0 Å². The highest BCUT2D eigenvalue weighted by molar-refractivity contribution is 6.34. The van der Waals surface area contributed by atoms with E-state index in [2.05, 4.69) is 15.2 Å². The Balaban J connectivity index is 1.50. The molecule has 35 heavy (non-hydrogen) atoms. The number of rotatable bonds is 6. The Morgan fingerprint density at radius 1 is 0.943 bits per heavy atom. The minimum Gasteiger partial charge on any atom is -0.368 e. The first-order chi connectivity index (χ1) is 16.9. The first-order valence-electron chi connectivity index (χ1n) is 11.2. The number of anilines is 2. The number of piperazine rings is 1. The summed E-state index contributed by atoms with van der Waals surface area (Å²) in [5.41, 5.74) is 2.75. The van der Waals surface area contributed by atoms with E-state index in [0.29, 0.717) is 48.0 Å². The molecular weight excluding hydrogens is 464 g/mol. The third-order valence-corrected chi connectivity index (χ3v) is 6.13. The zero-order valence-electron chi connectivity index (χ0n) is 19.3. The highest BCUT2D eigenvalue weighted by Gasteiger charge is 2.28. The standard InChI is InChI=1S/C27H25ClN4O3/c1-19(33)21-8-10-22(11-9-21)31-13-15-32(16-14-31)27(35)23(17-20-5-4-12-29-18-20)26(34)30-25-7-3-2-6-24(25)28/h2-12,17-18H,13-16H2,1H3,(H,30,34). The lowest BCUT2D eigenvalue weighted by molar-refractivity contribution is -0.129. The molecule has 1 aliphatic heterocycles. The zero-order chi connectivity index (χ0) is 24.8. The van der Waals surface area contributed by atoms with Crippen LogP contribution >= 0.6 is 11.6 Å². The van der Waals surface area contributed by atoms with Crippen molar-refractivity contribution >= 4 is 46.6 Å². The van der Waals surface area contributed by atoms with Crippen LogP contribution in [0.25, 0.3) is 6.08 Å². The van der Waals surface area contributed by atoms with Gasteiger partial charge < -0.3 is 15.1 Å². The van der Waals surface area contributed by atoms with E-state index in [9.17, 15) is 14.4 Å². The summed E-state index contributed by atoms with van der Waals surface area (Å²) in [4.78, 5) is 46.1. The van der Waals surface area contributed by atoms with Gasteiger partial charge in [0.2, 0.25) is 0 Å². The van der Waals surface area contributed by atoms with Gasteiger partial charge in [-0.15, -0.1) is 0 Å². The van der Waals surface area contributed by atoms with Crippen molar-refractivity contribution in [3.8, 4) is 0 Å². The minimum atomic E-state index is -0.533. The summed E-state index contributed by atoms with van der Waals surface area (Å²) in [7, 11) is 0. The molecule has 3 aromatic rings. The predicted molar refractivity (Wildman–Crippen MR) is 138 cm³/mol. The first-order valence-corrected chi connectivity index (χ1v) is 11.6. The lowest BCUT2D eigenvalue weighted by atomic mass is 10.1. The molecule has 1 aromatic heterocycles. The summed E-state index contributed by atoms with van der Waals surface area (Å²) >= 11 is 6.20. The van der Waals surface area contributed by atoms with E-state index < -0.39 is 5.91 Å². The van der Waals surface area contributed by atoms with Crippen LogP contribution in [0.5, 0.6) is 0 Å². The summed E-state index contributed by atoms with van der Waals surface area (Å²) in [6.45, 7) is 3.67. The van der Waals surface area contributed by atoms with Crippen molar-refractivity contribution in [1.82, 2.24) is 9.88 Å². The molecule has 0 bridgehead atoms. The Bertz CT molecular complexity index is 1250. The van der Waals surface area contributed by atoms with Crippen LogP contribution in [0.3, 0.4) is 0 Å². The predicted octanol–water partition coefficient (Wildman–Crippen LogP) is 4.31. The number of Topliss-reactive ketones (excluding diaryl/α,β-unsaturated/α-hetero) is 1. The van der Waals surface area contributed by atoms with Crippen LogP contribution in [-0.2, 0) is 9.59 Å². The van der Waals surface area contributed by atoms with Crippen LogP contribution < -0.4 is 10.2 Å². The van der Waals surface area contributed by atoms with Crippen molar-refractivity contribution in [2.24, 2.45) is 0 Å². The molecule has 0 atom stereocenters. The molecule has 0 spiro atoms. The van der Waals surface area contributed by atoms with Gasteiger partial charge in [0.05, 0.1) is 10.7 Å². The summed E-state index contributed by atoms with van der Waals surface area (Å²) in [6, 6.07) is 17.9. The van der Waals surface area contributed by atoms with E-state index in [1.807, 2.05) is 24.3 Å². The normalized spacial score (nSPS) is 13.9. The fourth-order valence-electron chi connectivity index (χ4n) is 3.85. The van der Waals surface area contributed by atoms with Gasteiger partial charge in [0.15, 0.2) is 5.78 Å². The van der Waals surface area contributed by atoms with Gasteiger partial charge in [-0.25, -0.2) is 0 Å². The smallest absolute Gasteiger partial charge is 0.261 e. The second kappa shape index (κ2) is 11.0. The van der Waals surface area contributed by atoms with Gasteiger partial charge in [-0.2, -0.15) is 0 Å². The molecular formula is C27H25ClN4O3. The van der Waals surface area contributed by atoms with Crippen molar-refractivity contribution in [2.45, 2.75) is 6.92 Å². The van der Waals surface area contributed by atoms with Crippen LogP contribution in [0.15, 0.2) is 78.6 Å². The molecule has 1 N–H and O–H groups in total. The highest BCUT2D eigenvalue weighted by atomic mass is 35.5. The van der Waals surface area contributed by atoms with Gasteiger partial charge in [-0.1, -0.05) is 29.8 Å². The maximum atomic E-state index is 13.5. The van der Waals surface area contributed by atoms with Crippen molar-refractivity contribution < 1.29 is 14.4 Å². The molecule has 8 heteroatoms. The second-order valence-electron chi connectivity index (χ2n) is 8.16. The van der Waals surface area contributed by atoms with Crippen molar-refractivity contribution in [2.75, 3.05) is 36.4 Å². The Labute approximate surface area is 209 Å². The number of amides is 2. The van der Waals surface area contributed by atoms with Crippen LogP contribution in [0.2, 0.25) is 5.02 Å². The molecule has 0 radical (unpaired) electrons. The number of halogens is 1. The minimum absolute atomic E-state index is 0.0113. The van der Waals surface area contributed by atoms with Gasteiger partial charge in [-0.05, 0) is 61.0 Å². The quantitative estimate of drug-likeness (QED) is 0.242. The van der Waals surface area contributed by atoms with Gasteiger partial charge in [0, 0.05) is 49.8 Å². The molecule has 0 saturated carbocycles. The largest absolute Gasteiger partial charge is 0.368 e. The lowest BCUT2D eigenvalue weighted by Gasteiger charge is -2.36. The van der Waals surface area contributed by atoms with Gasteiger partial charge in [0.1, 0.15) is 5.57 Å². The molecule has 1 saturated heterocycles. The number of carbonyl (C=O) groups is 3. The molecule has 2 heterocycles. The second-order valence-corrected chi connectivity index (χ2v) is 8.57. The van der Waals surface area contributed by atoms with E-state index in [1.54, 1.807) is 59.8 Å². The van der Waals surface area contributed by atoms with E-state index in [4.69, 9.17) is 11.6 Å². The molecule has 1 aliphatic rings. The Hall–Kier alpha value is -3.97. The third-order valence-electron chi connectivity index (χ3n) is 5.80. The Morgan fingerprint density at radius 2 is 1.66 bits per heavy atom. The molecule has 0 unspecified atom stereocenters. The molecule has 0 aliphatic carbocycles. The van der Waals surface area contributed by atoms with E-state index in [1.165, 1.54) is 6.92 Å². The van der Waals surface area contributed by atoms with E-state index in [0.717, 1.165) is 5.69 Å². The number of hydrogen-bond donors (Lipinski definition) is 1. The molecule has 178 valence electrons. The van der Waals surface area contributed by atoms with Crippen LogP contribution in [-0.4, -0.2) is 53.7 Å². The number of benzene rings is 2. The maximum Gasteiger partial charge on any atom is 0.261 e. The third kappa shape index (κ3) is 5.94. The highest BCUT2D eigenvalue weighted by Crippen LogP contribution is 2.23. The number of para-hydroxylation sites is 1. The summed E-state index contributed by atoms with van der Waals surface area (Å²) < 4.78 is 0. The fourth-order valence-corrected chi connectivity index (χ4v) is 4.03. The zero-order valence-corrected chi connectivity index (χ0v) is 20.0. The maximum absolute atomic E-state index is 13.5. The average molecular weight is 489 g/mol. The molecule has 1 fully saturated rings. The van der Waals surface area contributed by atoms with Crippen LogP contribution in [0, 0.1) is 0 Å². The molecule has 4 rings (SSSR count). The first kappa shape index (κ1) is 24.2. The number of aromatic nitrogens is 1. The topological polar surface area (TPSA) is 82.6 Å². The number of hydrogen-bond acceptors (Lipinski definition) is 5. The molecule has 7 nitrogen and oxygen atoms in total. The SMILES string of the molecule is CC(=O)c1ccc(N2CCN(C(=O)C(=Cc3cccnc3)C(=O)Nc3ccccc3Cl)CC2)cc1. The van der Waals surface area contributed by atoms with Gasteiger partial charge in [0.25, 0.3) is 11.8 Å². The van der Waals surface area contributed by atoms with E-state index in [-0.39, 0.29) is 17.3 Å². The van der Waals surface area contributed by atoms with Crippen molar-refractivity contribution in [3.63, 3.8) is 0 Å². The summed E-state index contributed by atoms with van der Waals surface area (Å²) in [5.74, 6) is -0.867. The summed E-state index contributed by atoms with van der Waals surface area (Å²) in [6.07, 6.45) is 4.78. The number of carbonyl (C=O) groups excluding carboxylic acids is 3. The number of nitrogens with zero attached hydrogens (tertiary/aromatic N) is 3. The number of ketones is 1. The Kier molecular flexibility index (Phi) is 7.57. The fraction of sp³-hybridized carbons (Fsp3) is 0.185. The average Bonchev–Trinajstić information content (AvgIpc) is 2.89. The van der Waals surface area contributed by atoms with Crippen molar-refractivity contribution in [3.05, 3.63) is 94.8 Å². The van der Waals surface area contributed by atoms with Crippen molar-refractivity contribution in [1.29, 1.82) is 0 Å².